The molecule has 0 bridgehead atoms. The Bertz CT molecular complexity index is 823. The topological polar surface area (TPSA) is 58.6 Å². The van der Waals surface area contributed by atoms with Gasteiger partial charge in [-0.15, -0.1) is 11.8 Å². The number of methoxy groups -OCH3 is 1. The minimum atomic E-state index is -0.556. The summed E-state index contributed by atoms with van der Waals surface area (Å²) in [5, 5.41) is 2.94. The first kappa shape index (κ1) is 23.8. The van der Waals surface area contributed by atoms with Gasteiger partial charge < -0.3 is 15.0 Å². The van der Waals surface area contributed by atoms with Crippen LogP contribution in [0, 0.1) is 6.92 Å². The van der Waals surface area contributed by atoms with E-state index in [2.05, 4.69) is 12.2 Å². The van der Waals surface area contributed by atoms with Crippen LogP contribution in [0.2, 0.25) is 0 Å². The summed E-state index contributed by atoms with van der Waals surface area (Å²) >= 11 is 1.49. The molecule has 0 saturated heterocycles. The van der Waals surface area contributed by atoms with Crippen molar-refractivity contribution in [3.8, 4) is 5.75 Å². The summed E-state index contributed by atoms with van der Waals surface area (Å²) in [4.78, 5) is 28.5. The number of carbonyl (C=O) groups is 2. The highest BCUT2D eigenvalue weighted by Gasteiger charge is 2.26. The quantitative estimate of drug-likeness (QED) is 0.425. The molecule has 0 fully saturated rings. The van der Waals surface area contributed by atoms with Crippen molar-refractivity contribution in [1.29, 1.82) is 0 Å². The van der Waals surface area contributed by atoms with Crippen LogP contribution in [0.15, 0.2) is 53.4 Å². The van der Waals surface area contributed by atoms with Crippen LogP contribution >= 0.6 is 11.8 Å². The van der Waals surface area contributed by atoms with Crippen LogP contribution in [0.1, 0.15) is 37.8 Å². The molecule has 0 heterocycles. The molecule has 0 aliphatic rings. The summed E-state index contributed by atoms with van der Waals surface area (Å²) < 4.78 is 5.30. The van der Waals surface area contributed by atoms with Gasteiger partial charge in [0.05, 0.1) is 12.9 Å². The normalized spacial score (nSPS) is 11.6. The molecule has 0 unspecified atom stereocenters. The molecule has 2 aromatic carbocycles. The molecule has 30 heavy (non-hydrogen) atoms. The van der Waals surface area contributed by atoms with Gasteiger partial charge in [-0.25, -0.2) is 0 Å². The van der Waals surface area contributed by atoms with E-state index >= 15 is 0 Å². The lowest BCUT2D eigenvalue weighted by Gasteiger charge is -2.29. The first-order valence-electron chi connectivity index (χ1n) is 10.3. The van der Waals surface area contributed by atoms with Crippen molar-refractivity contribution < 1.29 is 14.3 Å². The van der Waals surface area contributed by atoms with Gasteiger partial charge in [0.2, 0.25) is 11.8 Å². The molecule has 2 aromatic rings. The predicted molar refractivity (Wildman–Crippen MR) is 123 cm³/mol. The number of hydrogen-bond acceptors (Lipinski definition) is 4. The summed E-state index contributed by atoms with van der Waals surface area (Å²) in [5.41, 5.74) is 2.11. The average molecular weight is 429 g/mol. The van der Waals surface area contributed by atoms with Crippen molar-refractivity contribution >= 4 is 23.6 Å². The van der Waals surface area contributed by atoms with Gasteiger partial charge in [0.1, 0.15) is 11.8 Å². The summed E-state index contributed by atoms with van der Waals surface area (Å²) in [6.45, 7) is 6.88. The Morgan fingerprint density at radius 3 is 2.57 bits per heavy atom. The van der Waals surface area contributed by atoms with Gasteiger partial charge in [0, 0.05) is 18.0 Å². The number of amides is 2. The highest BCUT2D eigenvalue weighted by Crippen LogP contribution is 2.21. The van der Waals surface area contributed by atoms with Gasteiger partial charge in [-0.1, -0.05) is 43.2 Å². The Morgan fingerprint density at radius 2 is 1.90 bits per heavy atom. The zero-order valence-corrected chi connectivity index (χ0v) is 19.1. The fraction of sp³-hybridized carbons (Fsp3) is 0.417. The van der Waals surface area contributed by atoms with Crippen LogP contribution in [-0.2, 0) is 16.1 Å². The number of nitrogens with zero attached hydrogens (tertiary/aromatic N) is 1. The maximum absolute atomic E-state index is 13.1. The molecule has 5 nitrogen and oxygen atoms in total. The molecule has 162 valence electrons. The third kappa shape index (κ3) is 7.41. The van der Waals surface area contributed by atoms with E-state index in [1.54, 1.807) is 18.9 Å². The van der Waals surface area contributed by atoms with Gasteiger partial charge in [0.15, 0.2) is 0 Å². The van der Waals surface area contributed by atoms with Crippen molar-refractivity contribution in [3.63, 3.8) is 0 Å². The predicted octanol–water partition coefficient (Wildman–Crippen LogP) is 4.43. The lowest BCUT2D eigenvalue weighted by Crippen LogP contribution is -2.48. The van der Waals surface area contributed by atoms with Crippen LogP contribution in [0.25, 0.3) is 0 Å². The van der Waals surface area contributed by atoms with Gasteiger partial charge in [0.25, 0.3) is 0 Å². The highest BCUT2D eigenvalue weighted by atomic mass is 32.2. The van der Waals surface area contributed by atoms with Crippen LogP contribution in [0.5, 0.6) is 5.75 Å². The van der Waals surface area contributed by atoms with Crippen molar-refractivity contribution in [3.05, 3.63) is 59.7 Å². The summed E-state index contributed by atoms with van der Waals surface area (Å²) in [6.07, 6.45) is 1.93. The first-order chi connectivity index (χ1) is 14.4. The number of nitrogens with one attached hydrogen (secondary N) is 1. The number of ether oxygens (including phenoxy) is 1. The van der Waals surface area contributed by atoms with Crippen molar-refractivity contribution in [2.24, 2.45) is 0 Å². The number of thioether (sulfide) groups is 1. The van der Waals surface area contributed by atoms with Crippen molar-refractivity contribution in [2.75, 3.05) is 19.4 Å². The Balaban J connectivity index is 2.12. The molecule has 0 spiro atoms. The minimum absolute atomic E-state index is 0.0680. The third-order valence-electron chi connectivity index (χ3n) is 4.87. The Labute approximate surface area is 184 Å². The van der Waals surface area contributed by atoms with Crippen LogP contribution < -0.4 is 10.1 Å². The SMILES string of the molecule is CCCCNC(=O)[C@@H](C)N(Cc1cccc(OC)c1)C(=O)CSc1ccc(C)cc1. The van der Waals surface area contributed by atoms with Crippen LogP contribution in [0.3, 0.4) is 0 Å². The molecule has 0 saturated carbocycles. The van der Waals surface area contributed by atoms with Gasteiger partial charge >= 0.3 is 0 Å². The monoisotopic (exact) mass is 428 g/mol. The fourth-order valence-corrected chi connectivity index (χ4v) is 3.73. The minimum Gasteiger partial charge on any atom is -0.497 e. The second kappa shape index (κ2) is 12.3. The van der Waals surface area contributed by atoms with E-state index in [4.69, 9.17) is 4.74 Å². The maximum atomic E-state index is 13.1. The first-order valence-corrected chi connectivity index (χ1v) is 11.3. The van der Waals surface area contributed by atoms with E-state index in [9.17, 15) is 9.59 Å². The Hall–Kier alpha value is -2.47. The number of unbranched alkanes of at least 4 members (excludes halogenated alkanes) is 1. The van der Waals surface area contributed by atoms with Gasteiger partial charge in [-0.2, -0.15) is 0 Å². The van der Waals surface area contributed by atoms with E-state index < -0.39 is 6.04 Å². The number of hydrogen-bond donors (Lipinski definition) is 1. The van der Waals surface area contributed by atoms with Crippen LogP contribution in [0.4, 0.5) is 0 Å². The second-order valence-corrected chi connectivity index (χ2v) is 8.34. The molecule has 2 amide bonds. The molecule has 0 aliphatic heterocycles. The Morgan fingerprint density at radius 1 is 1.17 bits per heavy atom. The number of aryl methyl sites for hydroxylation is 1. The summed E-state index contributed by atoms with van der Waals surface area (Å²) in [5.74, 6) is 0.815. The fourth-order valence-electron chi connectivity index (χ4n) is 2.95. The molecule has 0 aromatic heterocycles. The lowest BCUT2D eigenvalue weighted by molar-refractivity contribution is -0.138. The molecular formula is C24H32N2O3S. The Kier molecular flexibility index (Phi) is 9.74. The smallest absolute Gasteiger partial charge is 0.242 e. The maximum Gasteiger partial charge on any atom is 0.242 e. The van der Waals surface area contributed by atoms with Crippen molar-refractivity contribution in [2.45, 2.75) is 51.1 Å². The number of benzene rings is 2. The molecule has 6 heteroatoms. The van der Waals surface area contributed by atoms with E-state index in [1.807, 2.05) is 55.5 Å². The molecular weight excluding hydrogens is 396 g/mol. The molecule has 1 atom stereocenters. The number of rotatable bonds is 11. The second-order valence-electron chi connectivity index (χ2n) is 7.30. The average Bonchev–Trinajstić information content (AvgIpc) is 2.76. The van der Waals surface area contributed by atoms with Crippen molar-refractivity contribution in [1.82, 2.24) is 10.2 Å². The number of carbonyl (C=O) groups excluding carboxylic acids is 2. The molecule has 2 rings (SSSR count). The van der Waals surface area contributed by atoms with Crippen LogP contribution in [-0.4, -0.2) is 42.2 Å². The van der Waals surface area contributed by atoms with E-state index in [1.165, 1.54) is 17.3 Å². The van der Waals surface area contributed by atoms with E-state index in [0.29, 0.717) is 13.1 Å². The molecule has 0 radical (unpaired) electrons. The third-order valence-corrected chi connectivity index (χ3v) is 5.86. The highest BCUT2D eigenvalue weighted by molar-refractivity contribution is 8.00. The molecule has 1 N–H and O–H groups in total. The summed E-state index contributed by atoms with van der Waals surface area (Å²) in [7, 11) is 1.62. The standard InChI is InChI=1S/C24H32N2O3S/c1-5-6-14-25-24(28)19(3)26(16-20-8-7-9-21(15-20)29-4)23(27)17-30-22-12-10-18(2)11-13-22/h7-13,15,19H,5-6,14,16-17H2,1-4H3,(H,25,28)/t19-/m1/s1. The zero-order valence-electron chi connectivity index (χ0n) is 18.3. The van der Waals surface area contributed by atoms with E-state index in [-0.39, 0.29) is 17.6 Å². The van der Waals surface area contributed by atoms with Gasteiger partial charge in [-0.3, -0.25) is 9.59 Å². The zero-order chi connectivity index (χ0) is 21.9. The van der Waals surface area contributed by atoms with Gasteiger partial charge in [-0.05, 0) is 50.1 Å². The lowest BCUT2D eigenvalue weighted by atomic mass is 10.1. The van der Waals surface area contributed by atoms with E-state index in [0.717, 1.165) is 29.1 Å². The molecule has 0 aliphatic carbocycles. The largest absolute Gasteiger partial charge is 0.497 e. The summed E-state index contributed by atoms with van der Waals surface area (Å²) in [6, 6.07) is 15.1.